The lowest BCUT2D eigenvalue weighted by Crippen LogP contribution is -2.38. The molecule has 128 valence electrons. The van der Waals surface area contributed by atoms with E-state index in [4.69, 9.17) is 9.72 Å². The lowest BCUT2D eigenvalue weighted by Gasteiger charge is -2.33. The van der Waals surface area contributed by atoms with Gasteiger partial charge in [0.15, 0.2) is 0 Å². The highest BCUT2D eigenvalue weighted by molar-refractivity contribution is 5.75. The molecule has 0 N–H and O–H groups in total. The van der Waals surface area contributed by atoms with Crippen LogP contribution in [0.25, 0.3) is 11.0 Å². The Bertz CT molecular complexity index is 864. The van der Waals surface area contributed by atoms with Crippen LogP contribution in [0.5, 0.6) is 5.75 Å². The van der Waals surface area contributed by atoms with E-state index < -0.39 is 0 Å². The van der Waals surface area contributed by atoms with Crippen LogP contribution < -0.4 is 9.64 Å². The van der Waals surface area contributed by atoms with Gasteiger partial charge in [0.05, 0.1) is 23.8 Å². The summed E-state index contributed by atoms with van der Waals surface area (Å²) < 4.78 is 6.07. The van der Waals surface area contributed by atoms with Gasteiger partial charge < -0.3 is 9.64 Å². The van der Waals surface area contributed by atoms with E-state index in [1.807, 2.05) is 48.7 Å². The molecule has 0 spiro atoms. The van der Waals surface area contributed by atoms with Crippen molar-refractivity contribution in [3.63, 3.8) is 0 Å². The minimum atomic E-state index is 0.515. The first kappa shape index (κ1) is 15.9. The predicted molar refractivity (Wildman–Crippen MR) is 101 cm³/mol. The zero-order chi connectivity index (χ0) is 17.1. The summed E-state index contributed by atoms with van der Waals surface area (Å²) in [5.74, 6) is 2.48. The van der Waals surface area contributed by atoms with Crippen molar-refractivity contribution in [2.75, 3.05) is 24.6 Å². The van der Waals surface area contributed by atoms with Crippen LogP contribution in [0, 0.1) is 12.8 Å². The molecule has 4 nitrogen and oxygen atoms in total. The van der Waals surface area contributed by atoms with Gasteiger partial charge >= 0.3 is 0 Å². The fourth-order valence-electron chi connectivity index (χ4n) is 3.43. The van der Waals surface area contributed by atoms with Crippen molar-refractivity contribution in [2.45, 2.75) is 19.8 Å². The Morgan fingerprint density at radius 2 is 1.88 bits per heavy atom. The molecule has 0 bridgehead atoms. The molecule has 1 saturated heterocycles. The number of hydrogen-bond donors (Lipinski definition) is 0. The molecule has 2 aromatic carbocycles. The van der Waals surface area contributed by atoms with Crippen LogP contribution in [-0.2, 0) is 0 Å². The Balaban J connectivity index is 1.44. The van der Waals surface area contributed by atoms with Crippen LogP contribution >= 0.6 is 0 Å². The summed E-state index contributed by atoms with van der Waals surface area (Å²) in [7, 11) is 0. The Kier molecular flexibility index (Phi) is 4.51. The Morgan fingerprint density at radius 1 is 1.08 bits per heavy atom. The van der Waals surface area contributed by atoms with Gasteiger partial charge in [0.1, 0.15) is 11.6 Å². The van der Waals surface area contributed by atoms with E-state index in [1.54, 1.807) is 0 Å². The van der Waals surface area contributed by atoms with Gasteiger partial charge in [-0.25, -0.2) is 4.98 Å². The average molecular weight is 333 g/mol. The van der Waals surface area contributed by atoms with Crippen LogP contribution in [0.2, 0.25) is 0 Å². The number of para-hydroxylation sites is 3. The molecule has 3 aromatic rings. The molecular formula is C21H23N3O. The largest absolute Gasteiger partial charge is 0.493 e. The second-order valence-corrected chi connectivity index (χ2v) is 6.75. The highest BCUT2D eigenvalue weighted by Gasteiger charge is 2.22. The number of hydrogen-bond acceptors (Lipinski definition) is 4. The molecule has 1 aliphatic rings. The van der Waals surface area contributed by atoms with Gasteiger partial charge in [-0.15, -0.1) is 0 Å². The quantitative estimate of drug-likeness (QED) is 0.716. The zero-order valence-corrected chi connectivity index (χ0v) is 14.6. The maximum atomic E-state index is 6.07. The SMILES string of the molecule is Cc1ccccc1OCC1CCCN(c2cnc3ccccc3n2)C1. The third kappa shape index (κ3) is 3.58. The van der Waals surface area contributed by atoms with Gasteiger partial charge in [0.2, 0.25) is 0 Å². The normalized spacial score (nSPS) is 17.6. The molecule has 2 heterocycles. The standard InChI is InChI=1S/C21H23N3O/c1-16-7-2-5-11-20(16)25-15-17-8-6-12-24(14-17)21-13-22-18-9-3-4-10-19(18)23-21/h2-5,7,9-11,13,17H,6,8,12,14-15H2,1H3. The van der Waals surface area contributed by atoms with Crippen molar-refractivity contribution < 1.29 is 4.74 Å². The van der Waals surface area contributed by atoms with Gasteiger partial charge in [0, 0.05) is 19.0 Å². The molecule has 1 unspecified atom stereocenters. The summed E-state index contributed by atoms with van der Waals surface area (Å²) in [4.78, 5) is 11.7. The van der Waals surface area contributed by atoms with Crippen molar-refractivity contribution in [1.29, 1.82) is 0 Å². The van der Waals surface area contributed by atoms with Gasteiger partial charge in [-0.3, -0.25) is 4.98 Å². The average Bonchev–Trinajstić information content (AvgIpc) is 2.67. The lowest BCUT2D eigenvalue weighted by atomic mass is 9.99. The second-order valence-electron chi connectivity index (χ2n) is 6.75. The first-order chi connectivity index (χ1) is 12.3. The first-order valence-electron chi connectivity index (χ1n) is 8.95. The Morgan fingerprint density at radius 3 is 2.76 bits per heavy atom. The molecule has 0 radical (unpaired) electrons. The molecule has 1 aliphatic heterocycles. The van der Waals surface area contributed by atoms with Gasteiger partial charge in [0.25, 0.3) is 0 Å². The third-order valence-corrected chi connectivity index (χ3v) is 4.85. The van der Waals surface area contributed by atoms with Gasteiger partial charge in [-0.1, -0.05) is 30.3 Å². The molecule has 1 atom stereocenters. The third-order valence-electron chi connectivity index (χ3n) is 4.85. The molecular weight excluding hydrogens is 310 g/mol. The number of ether oxygens (including phenoxy) is 1. The predicted octanol–water partition coefficient (Wildman–Crippen LogP) is 4.23. The van der Waals surface area contributed by atoms with Crippen LogP contribution in [0.4, 0.5) is 5.82 Å². The summed E-state index contributed by atoms with van der Waals surface area (Å²) in [6.07, 6.45) is 4.26. The fourth-order valence-corrected chi connectivity index (χ4v) is 3.43. The highest BCUT2D eigenvalue weighted by atomic mass is 16.5. The number of aryl methyl sites for hydroxylation is 1. The number of aromatic nitrogens is 2. The van der Waals surface area contributed by atoms with Crippen molar-refractivity contribution in [2.24, 2.45) is 5.92 Å². The van der Waals surface area contributed by atoms with E-state index in [1.165, 1.54) is 12.0 Å². The number of anilines is 1. The molecule has 25 heavy (non-hydrogen) atoms. The van der Waals surface area contributed by atoms with Crippen molar-refractivity contribution in [1.82, 2.24) is 9.97 Å². The number of nitrogens with zero attached hydrogens (tertiary/aromatic N) is 3. The molecule has 4 heteroatoms. The summed E-state index contributed by atoms with van der Waals surface area (Å²) in [5, 5.41) is 0. The molecule has 1 fully saturated rings. The van der Waals surface area contributed by atoms with E-state index in [0.717, 1.165) is 48.7 Å². The number of benzene rings is 2. The van der Waals surface area contributed by atoms with E-state index >= 15 is 0 Å². The van der Waals surface area contributed by atoms with E-state index in [0.29, 0.717) is 5.92 Å². The van der Waals surface area contributed by atoms with Crippen molar-refractivity contribution in [3.05, 3.63) is 60.3 Å². The van der Waals surface area contributed by atoms with Crippen LogP contribution in [0.1, 0.15) is 18.4 Å². The number of rotatable bonds is 4. The molecule has 0 aliphatic carbocycles. The van der Waals surface area contributed by atoms with Gasteiger partial charge in [-0.2, -0.15) is 0 Å². The molecule has 0 amide bonds. The number of fused-ring (bicyclic) bond motifs is 1. The minimum Gasteiger partial charge on any atom is -0.493 e. The molecule has 4 rings (SSSR count). The van der Waals surface area contributed by atoms with Crippen molar-refractivity contribution >= 4 is 16.9 Å². The molecule has 0 saturated carbocycles. The van der Waals surface area contributed by atoms with Crippen LogP contribution in [-0.4, -0.2) is 29.7 Å². The van der Waals surface area contributed by atoms with Crippen LogP contribution in [0.15, 0.2) is 54.7 Å². The topological polar surface area (TPSA) is 38.2 Å². The first-order valence-corrected chi connectivity index (χ1v) is 8.95. The maximum Gasteiger partial charge on any atom is 0.147 e. The summed E-state index contributed by atoms with van der Waals surface area (Å²) in [5.41, 5.74) is 3.09. The Labute approximate surface area is 148 Å². The fraction of sp³-hybridized carbons (Fsp3) is 0.333. The minimum absolute atomic E-state index is 0.515. The second kappa shape index (κ2) is 7.09. The lowest BCUT2D eigenvalue weighted by molar-refractivity contribution is 0.227. The van der Waals surface area contributed by atoms with E-state index in [9.17, 15) is 0 Å². The summed E-state index contributed by atoms with van der Waals surface area (Å²) in [6.45, 7) is 4.85. The monoisotopic (exact) mass is 333 g/mol. The van der Waals surface area contributed by atoms with Gasteiger partial charge in [-0.05, 0) is 43.5 Å². The summed E-state index contributed by atoms with van der Waals surface area (Å²) in [6, 6.07) is 16.2. The van der Waals surface area contributed by atoms with E-state index in [-0.39, 0.29) is 0 Å². The number of piperidine rings is 1. The molecule has 1 aromatic heterocycles. The van der Waals surface area contributed by atoms with Crippen LogP contribution in [0.3, 0.4) is 0 Å². The van der Waals surface area contributed by atoms with Crippen molar-refractivity contribution in [3.8, 4) is 5.75 Å². The van der Waals surface area contributed by atoms with E-state index in [2.05, 4.69) is 22.9 Å². The highest BCUT2D eigenvalue weighted by Crippen LogP contribution is 2.24. The Hall–Kier alpha value is -2.62. The smallest absolute Gasteiger partial charge is 0.147 e. The maximum absolute atomic E-state index is 6.07. The zero-order valence-electron chi connectivity index (χ0n) is 14.6. The summed E-state index contributed by atoms with van der Waals surface area (Å²) >= 11 is 0.